The van der Waals surface area contributed by atoms with Gasteiger partial charge in [-0.15, -0.1) is 0 Å². The quantitative estimate of drug-likeness (QED) is 0.664. The summed E-state index contributed by atoms with van der Waals surface area (Å²) in [6.07, 6.45) is 0.688. The molecule has 0 saturated heterocycles. The molecule has 1 heterocycles. The maximum Gasteiger partial charge on any atom is 0.254 e. The fourth-order valence-corrected chi connectivity index (χ4v) is 3.90. The number of carbonyl (C=O) groups is 2. The first-order valence-electron chi connectivity index (χ1n) is 9.66. The predicted molar refractivity (Wildman–Crippen MR) is 117 cm³/mol. The standard InChI is InChI=1S/C24H21ClN2O3/c1-30-21-9-5-4-8-20(21)26-23(28)22-19-7-3-2-6-16(19)14-15-27(22)24(29)17-10-12-18(25)13-11-17/h2-13,22H,14-15H2,1H3,(H,26,28). The second-order valence-electron chi connectivity index (χ2n) is 7.05. The van der Waals surface area contributed by atoms with Crippen molar-refractivity contribution < 1.29 is 14.3 Å². The zero-order valence-electron chi connectivity index (χ0n) is 16.5. The summed E-state index contributed by atoms with van der Waals surface area (Å²) in [6, 6.07) is 20.9. The topological polar surface area (TPSA) is 58.6 Å². The number of hydrogen-bond donors (Lipinski definition) is 1. The minimum Gasteiger partial charge on any atom is -0.495 e. The number of rotatable bonds is 4. The number of fused-ring (bicyclic) bond motifs is 1. The Kier molecular flexibility index (Phi) is 5.72. The summed E-state index contributed by atoms with van der Waals surface area (Å²) in [7, 11) is 1.55. The Morgan fingerprint density at radius 1 is 1.00 bits per heavy atom. The number of ether oxygens (including phenoxy) is 1. The molecule has 1 aliphatic rings. The van der Waals surface area contributed by atoms with Crippen molar-refractivity contribution in [2.75, 3.05) is 19.0 Å². The van der Waals surface area contributed by atoms with Gasteiger partial charge in [0.15, 0.2) is 0 Å². The van der Waals surface area contributed by atoms with Gasteiger partial charge in [-0.2, -0.15) is 0 Å². The van der Waals surface area contributed by atoms with Crippen molar-refractivity contribution in [1.82, 2.24) is 4.90 Å². The summed E-state index contributed by atoms with van der Waals surface area (Å²) >= 11 is 5.97. The molecule has 152 valence electrons. The first-order chi connectivity index (χ1) is 14.6. The molecule has 0 spiro atoms. The van der Waals surface area contributed by atoms with Crippen LogP contribution in [0.2, 0.25) is 5.02 Å². The van der Waals surface area contributed by atoms with E-state index in [4.69, 9.17) is 16.3 Å². The van der Waals surface area contributed by atoms with E-state index in [0.717, 1.165) is 11.1 Å². The number of amides is 2. The molecule has 0 fully saturated rings. The summed E-state index contributed by atoms with van der Waals surface area (Å²) in [5.74, 6) is 0.0702. The highest BCUT2D eigenvalue weighted by molar-refractivity contribution is 6.30. The van der Waals surface area contributed by atoms with Gasteiger partial charge in [-0.3, -0.25) is 9.59 Å². The second-order valence-corrected chi connectivity index (χ2v) is 7.48. The third kappa shape index (κ3) is 3.89. The Labute approximate surface area is 180 Å². The smallest absolute Gasteiger partial charge is 0.254 e. The average Bonchev–Trinajstić information content (AvgIpc) is 2.78. The van der Waals surface area contributed by atoms with Crippen molar-refractivity contribution in [3.05, 3.63) is 94.5 Å². The van der Waals surface area contributed by atoms with Crippen molar-refractivity contribution in [1.29, 1.82) is 0 Å². The second kappa shape index (κ2) is 8.59. The van der Waals surface area contributed by atoms with Gasteiger partial charge in [0.2, 0.25) is 0 Å². The molecule has 0 radical (unpaired) electrons. The number of halogens is 1. The van der Waals surface area contributed by atoms with E-state index < -0.39 is 6.04 Å². The van der Waals surface area contributed by atoms with Crippen LogP contribution >= 0.6 is 11.6 Å². The molecule has 0 aromatic heterocycles. The number of benzene rings is 3. The van der Waals surface area contributed by atoms with Crippen LogP contribution in [0, 0.1) is 0 Å². The fourth-order valence-electron chi connectivity index (χ4n) is 3.78. The lowest BCUT2D eigenvalue weighted by Gasteiger charge is -2.36. The van der Waals surface area contributed by atoms with E-state index in [1.807, 2.05) is 36.4 Å². The molecule has 1 aliphatic heterocycles. The first-order valence-corrected chi connectivity index (χ1v) is 10.0. The number of nitrogens with zero attached hydrogens (tertiary/aromatic N) is 1. The minimum atomic E-state index is -0.747. The third-order valence-corrected chi connectivity index (χ3v) is 5.50. The van der Waals surface area contributed by atoms with Gasteiger partial charge in [0, 0.05) is 17.1 Å². The molecule has 3 aromatic rings. The maximum atomic E-state index is 13.4. The van der Waals surface area contributed by atoms with E-state index >= 15 is 0 Å². The van der Waals surface area contributed by atoms with Crippen LogP contribution in [-0.2, 0) is 11.2 Å². The minimum absolute atomic E-state index is 0.207. The highest BCUT2D eigenvalue weighted by atomic mass is 35.5. The van der Waals surface area contributed by atoms with Gasteiger partial charge in [-0.25, -0.2) is 0 Å². The molecule has 3 aromatic carbocycles. The van der Waals surface area contributed by atoms with Crippen LogP contribution in [0.15, 0.2) is 72.8 Å². The highest BCUT2D eigenvalue weighted by Crippen LogP contribution is 2.33. The van der Waals surface area contributed by atoms with Crippen LogP contribution in [0.3, 0.4) is 0 Å². The van der Waals surface area contributed by atoms with Crippen LogP contribution < -0.4 is 10.1 Å². The zero-order chi connectivity index (χ0) is 21.1. The predicted octanol–water partition coefficient (Wildman–Crippen LogP) is 4.73. The molecule has 0 saturated carbocycles. The van der Waals surface area contributed by atoms with Crippen LogP contribution in [-0.4, -0.2) is 30.4 Å². The number of methoxy groups -OCH3 is 1. The summed E-state index contributed by atoms with van der Waals surface area (Å²) in [4.78, 5) is 28.3. The van der Waals surface area contributed by atoms with Crippen LogP contribution in [0.5, 0.6) is 5.75 Å². The third-order valence-electron chi connectivity index (χ3n) is 5.25. The number of carbonyl (C=O) groups excluding carboxylic acids is 2. The molecule has 1 N–H and O–H groups in total. The van der Waals surface area contributed by atoms with Gasteiger partial charge < -0.3 is 15.0 Å². The number of para-hydroxylation sites is 2. The Hall–Kier alpha value is -3.31. The summed E-state index contributed by atoms with van der Waals surface area (Å²) in [5.41, 5.74) is 2.96. The van der Waals surface area contributed by atoms with E-state index in [0.29, 0.717) is 35.0 Å². The Bertz CT molecular complexity index is 1080. The molecule has 1 atom stereocenters. The van der Waals surface area contributed by atoms with E-state index in [-0.39, 0.29) is 11.8 Å². The van der Waals surface area contributed by atoms with Crippen LogP contribution in [0.25, 0.3) is 0 Å². The lowest BCUT2D eigenvalue weighted by atomic mass is 9.91. The fraction of sp³-hybridized carbons (Fsp3) is 0.167. The molecule has 6 heteroatoms. The molecule has 0 aliphatic carbocycles. The SMILES string of the molecule is COc1ccccc1NC(=O)C1c2ccccc2CCN1C(=O)c1ccc(Cl)cc1. The summed E-state index contributed by atoms with van der Waals surface area (Å²) in [6.45, 7) is 0.447. The van der Waals surface area contributed by atoms with Gasteiger partial charge in [0.25, 0.3) is 11.8 Å². The van der Waals surface area contributed by atoms with E-state index in [9.17, 15) is 9.59 Å². The zero-order valence-corrected chi connectivity index (χ0v) is 17.2. The van der Waals surface area contributed by atoms with Crippen molar-refractivity contribution in [2.45, 2.75) is 12.5 Å². The molecular formula is C24H21ClN2O3. The van der Waals surface area contributed by atoms with Gasteiger partial charge in [-0.1, -0.05) is 48.0 Å². The van der Waals surface area contributed by atoms with Crippen LogP contribution in [0.1, 0.15) is 27.5 Å². The molecule has 5 nitrogen and oxygen atoms in total. The van der Waals surface area contributed by atoms with Gasteiger partial charge >= 0.3 is 0 Å². The van der Waals surface area contributed by atoms with Gasteiger partial charge in [0.1, 0.15) is 11.8 Å². The van der Waals surface area contributed by atoms with Crippen molar-refractivity contribution in [3.8, 4) is 5.75 Å². The van der Waals surface area contributed by atoms with Crippen molar-refractivity contribution in [2.24, 2.45) is 0 Å². The van der Waals surface area contributed by atoms with Crippen molar-refractivity contribution in [3.63, 3.8) is 0 Å². The lowest BCUT2D eigenvalue weighted by molar-refractivity contribution is -0.121. The normalized spacial score (nSPS) is 15.3. The van der Waals surface area contributed by atoms with E-state index in [1.54, 1.807) is 48.4 Å². The molecule has 0 bridgehead atoms. The Morgan fingerprint density at radius 3 is 2.47 bits per heavy atom. The summed E-state index contributed by atoms with van der Waals surface area (Å²) in [5, 5.41) is 3.50. The van der Waals surface area contributed by atoms with E-state index in [1.165, 1.54) is 0 Å². The molecule has 2 amide bonds. The lowest BCUT2D eigenvalue weighted by Crippen LogP contribution is -2.45. The largest absolute Gasteiger partial charge is 0.495 e. The van der Waals surface area contributed by atoms with E-state index in [2.05, 4.69) is 5.32 Å². The maximum absolute atomic E-state index is 13.4. The summed E-state index contributed by atoms with van der Waals surface area (Å²) < 4.78 is 5.35. The van der Waals surface area contributed by atoms with Crippen molar-refractivity contribution >= 4 is 29.1 Å². The Morgan fingerprint density at radius 2 is 1.70 bits per heavy atom. The van der Waals surface area contributed by atoms with Gasteiger partial charge in [0.05, 0.1) is 12.8 Å². The number of nitrogens with one attached hydrogen (secondary N) is 1. The number of hydrogen-bond acceptors (Lipinski definition) is 3. The molecule has 30 heavy (non-hydrogen) atoms. The average molecular weight is 421 g/mol. The highest BCUT2D eigenvalue weighted by Gasteiger charge is 2.36. The first kappa shape index (κ1) is 20.0. The molecule has 4 rings (SSSR count). The van der Waals surface area contributed by atoms with Crippen LogP contribution in [0.4, 0.5) is 5.69 Å². The van der Waals surface area contributed by atoms with Gasteiger partial charge in [-0.05, 0) is 53.9 Å². The Balaban J connectivity index is 1.70. The molecule has 1 unspecified atom stereocenters. The molecular weight excluding hydrogens is 400 g/mol. The number of anilines is 1. The monoisotopic (exact) mass is 420 g/mol.